The summed E-state index contributed by atoms with van der Waals surface area (Å²) in [5.74, 6) is -1.17. The van der Waals surface area contributed by atoms with Crippen LogP contribution < -0.4 is 10.6 Å². The predicted octanol–water partition coefficient (Wildman–Crippen LogP) is 1.62. The third-order valence-electron chi connectivity index (χ3n) is 3.62. The zero-order chi connectivity index (χ0) is 16.9. The van der Waals surface area contributed by atoms with E-state index >= 15 is 0 Å². The van der Waals surface area contributed by atoms with E-state index in [1.54, 1.807) is 0 Å². The maximum atomic E-state index is 12.4. The molecule has 0 aliphatic carbocycles. The number of benzene rings is 2. The Kier molecular flexibility index (Phi) is 3.24. The molecule has 0 saturated carbocycles. The molecule has 1 heterocycles. The predicted molar refractivity (Wildman–Crippen MR) is 83.0 cm³/mol. The van der Waals surface area contributed by atoms with E-state index in [1.165, 1.54) is 37.3 Å². The van der Waals surface area contributed by atoms with Gasteiger partial charge < -0.3 is 5.73 Å². The lowest BCUT2D eigenvalue weighted by molar-refractivity contribution is 0.0926. The van der Waals surface area contributed by atoms with Gasteiger partial charge in [0, 0.05) is 5.69 Å². The lowest BCUT2D eigenvalue weighted by Crippen LogP contribution is -2.29. The minimum absolute atomic E-state index is 0.0630. The first-order valence-electron chi connectivity index (χ1n) is 6.56. The summed E-state index contributed by atoms with van der Waals surface area (Å²) >= 11 is 0. The maximum absolute atomic E-state index is 12.4. The molecule has 2 aromatic carbocycles. The van der Waals surface area contributed by atoms with Crippen LogP contribution in [0.2, 0.25) is 0 Å². The lowest BCUT2D eigenvalue weighted by atomic mass is 10.1. The Balaban J connectivity index is 2.15. The standard InChI is InChI=1S/C15H12N2O5S/c1-8-2-4-10(7-13(8)23(20,21)22)17-14(18)11-5-3-9(16)6-12(11)15(17)19/h2-7H,16H2,1H3,(H,20,21,22). The molecule has 2 amide bonds. The van der Waals surface area contributed by atoms with E-state index in [1.807, 2.05) is 0 Å². The van der Waals surface area contributed by atoms with Gasteiger partial charge in [-0.1, -0.05) is 6.07 Å². The average Bonchev–Trinajstić information content (AvgIpc) is 2.70. The normalized spacial score (nSPS) is 14.3. The van der Waals surface area contributed by atoms with Crippen LogP contribution in [0.5, 0.6) is 0 Å². The summed E-state index contributed by atoms with van der Waals surface area (Å²) in [6, 6.07) is 8.30. The number of amides is 2. The van der Waals surface area contributed by atoms with Gasteiger partial charge in [0.05, 0.1) is 21.7 Å². The Morgan fingerprint density at radius 1 is 1.00 bits per heavy atom. The number of hydrogen-bond acceptors (Lipinski definition) is 5. The molecule has 2 aromatic rings. The van der Waals surface area contributed by atoms with Crippen molar-refractivity contribution in [1.82, 2.24) is 0 Å². The van der Waals surface area contributed by atoms with Gasteiger partial charge in [0.15, 0.2) is 0 Å². The van der Waals surface area contributed by atoms with Crippen molar-refractivity contribution >= 4 is 33.3 Å². The smallest absolute Gasteiger partial charge is 0.294 e. The number of aryl methyl sites for hydroxylation is 1. The van der Waals surface area contributed by atoms with Crippen molar-refractivity contribution in [3.63, 3.8) is 0 Å². The number of hydrogen-bond donors (Lipinski definition) is 2. The van der Waals surface area contributed by atoms with Crippen LogP contribution in [0.15, 0.2) is 41.3 Å². The first kappa shape index (κ1) is 15.2. The molecule has 0 bridgehead atoms. The molecule has 0 atom stereocenters. The van der Waals surface area contributed by atoms with E-state index in [0.717, 1.165) is 11.0 Å². The highest BCUT2D eigenvalue weighted by Crippen LogP contribution is 2.31. The van der Waals surface area contributed by atoms with Gasteiger partial charge in [-0.3, -0.25) is 14.1 Å². The van der Waals surface area contributed by atoms with E-state index in [-0.39, 0.29) is 21.7 Å². The SMILES string of the molecule is Cc1ccc(N2C(=O)c3ccc(N)cc3C2=O)cc1S(=O)(=O)O. The number of fused-ring (bicyclic) bond motifs is 1. The summed E-state index contributed by atoms with van der Waals surface area (Å²) in [5, 5.41) is 0. The Morgan fingerprint density at radius 2 is 1.65 bits per heavy atom. The highest BCUT2D eigenvalue weighted by Gasteiger charge is 2.37. The molecule has 0 aromatic heterocycles. The Morgan fingerprint density at radius 3 is 2.30 bits per heavy atom. The third kappa shape index (κ3) is 2.37. The van der Waals surface area contributed by atoms with Crippen LogP contribution in [0.1, 0.15) is 26.3 Å². The van der Waals surface area contributed by atoms with Gasteiger partial charge >= 0.3 is 0 Å². The van der Waals surface area contributed by atoms with Gasteiger partial charge in [-0.2, -0.15) is 8.42 Å². The average molecular weight is 332 g/mol. The molecule has 23 heavy (non-hydrogen) atoms. The number of nitrogens with two attached hydrogens (primary N) is 1. The van der Waals surface area contributed by atoms with Crippen LogP contribution in [0, 0.1) is 6.92 Å². The third-order valence-corrected chi connectivity index (χ3v) is 4.61. The highest BCUT2D eigenvalue weighted by molar-refractivity contribution is 7.85. The van der Waals surface area contributed by atoms with Gasteiger partial charge in [0.2, 0.25) is 0 Å². The number of anilines is 2. The lowest BCUT2D eigenvalue weighted by Gasteiger charge is -2.15. The van der Waals surface area contributed by atoms with Crippen molar-refractivity contribution in [2.75, 3.05) is 10.6 Å². The van der Waals surface area contributed by atoms with Crippen LogP contribution in [-0.2, 0) is 10.1 Å². The fourth-order valence-corrected chi connectivity index (χ4v) is 3.24. The van der Waals surface area contributed by atoms with Crippen molar-refractivity contribution in [2.24, 2.45) is 0 Å². The number of carbonyl (C=O) groups excluding carboxylic acids is 2. The van der Waals surface area contributed by atoms with Crippen molar-refractivity contribution < 1.29 is 22.6 Å². The number of nitrogens with zero attached hydrogens (tertiary/aromatic N) is 1. The van der Waals surface area contributed by atoms with Crippen LogP contribution in [0.3, 0.4) is 0 Å². The Hall–Kier alpha value is -2.71. The quantitative estimate of drug-likeness (QED) is 0.490. The highest BCUT2D eigenvalue weighted by atomic mass is 32.2. The van der Waals surface area contributed by atoms with E-state index in [4.69, 9.17) is 5.73 Å². The zero-order valence-electron chi connectivity index (χ0n) is 12.0. The molecule has 0 unspecified atom stereocenters. The van der Waals surface area contributed by atoms with Crippen LogP contribution in [0.25, 0.3) is 0 Å². The van der Waals surface area contributed by atoms with Crippen LogP contribution in [-0.4, -0.2) is 24.8 Å². The van der Waals surface area contributed by atoms with Gasteiger partial charge in [0.25, 0.3) is 21.9 Å². The van der Waals surface area contributed by atoms with E-state index < -0.39 is 21.9 Å². The van der Waals surface area contributed by atoms with Gasteiger partial charge in [-0.15, -0.1) is 0 Å². The zero-order valence-corrected chi connectivity index (χ0v) is 12.8. The summed E-state index contributed by atoms with van der Waals surface area (Å²) in [6.45, 7) is 1.50. The van der Waals surface area contributed by atoms with Gasteiger partial charge in [0.1, 0.15) is 0 Å². The van der Waals surface area contributed by atoms with Gasteiger partial charge in [-0.25, -0.2) is 4.90 Å². The molecular weight excluding hydrogens is 320 g/mol. The fourth-order valence-electron chi connectivity index (χ4n) is 2.50. The summed E-state index contributed by atoms with van der Waals surface area (Å²) in [4.78, 5) is 25.4. The number of nitrogen functional groups attached to an aromatic ring is 1. The molecular formula is C15H12N2O5S. The number of rotatable bonds is 2. The second kappa shape index (κ2) is 4.90. The second-order valence-corrected chi connectivity index (χ2v) is 6.57. The van der Waals surface area contributed by atoms with E-state index in [0.29, 0.717) is 11.3 Å². The van der Waals surface area contributed by atoms with Crippen LogP contribution >= 0.6 is 0 Å². The molecule has 0 spiro atoms. The molecule has 7 nitrogen and oxygen atoms in total. The van der Waals surface area contributed by atoms with E-state index in [9.17, 15) is 22.6 Å². The molecule has 1 aliphatic rings. The molecule has 0 saturated heterocycles. The summed E-state index contributed by atoms with van der Waals surface area (Å²) in [7, 11) is -4.46. The molecule has 3 rings (SSSR count). The minimum atomic E-state index is -4.46. The van der Waals surface area contributed by atoms with Crippen molar-refractivity contribution in [3.05, 3.63) is 53.1 Å². The fraction of sp³-hybridized carbons (Fsp3) is 0.0667. The Labute approximate surface area is 132 Å². The molecule has 3 N–H and O–H groups in total. The number of imide groups is 1. The van der Waals surface area contributed by atoms with Gasteiger partial charge in [-0.05, 0) is 42.8 Å². The topological polar surface area (TPSA) is 118 Å². The number of carbonyl (C=O) groups is 2. The Bertz CT molecular complexity index is 966. The summed E-state index contributed by atoms with van der Waals surface area (Å²) < 4.78 is 32.0. The monoisotopic (exact) mass is 332 g/mol. The first-order chi connectivity index (χ1) is 10.7. The van der Waals surface area contributed by atoms with Crippen molar-refractivity contribution in [2.45, 2.75) is 11.8 Å². The second-order valence-electron chi connectivity index (χ2n) is 5.18. The van der Waals surface area contributed by atoms with Crippen LogP contribution in [0.4, 0.5) is 11.4 Å². The maximum Gasteiger partial charge on any atom is 0.294 e. The largest absolute Gasteiger partial charge is 0.399 e. The molecule has 8 heteroatoms. The molecule has 0 radical (unpaired) electrons. The van der Waals surface area contributed by atoms with E-state index in [2.05, 4.69) is 0 Å². The molecule has 0 fully saturated rings. The molecule has 118 valence electrons. The van der Waals surface area contributed by atoms with Crippen molar-refractivity contribution in [3.8, 4) is 0 Å². The summed E-state index contributed by atoms with van der Waals surface area (Å²) in [5.41, 5.74) is 6.69. The first-order valence-corrected chi connectivity index (χ1v) is 8.00. The molecule has 1 aliphatic heterocycles. The minimum Gasteiger partial charge on any atom is -0.399 e. The summed E-state index contributed by atoms with van der Waals surface area (Å²) in [6.07, 6.45) is 0. The van der Waals surface area contributed by atoms with Crippen molar-refractivity contribution in [1.29, 1.82) is 0 Å².